The summed E-state index contributed by atoms with van der Waals surface area (Å²) in [5.74, 6) is 0.375. The van der Waals surface area contributed by atoms with E-state index < -0.39 is 0 Å². The lowest BCUT2D eigenvalue weighted by molar-refractivity contribution is 0.0951. The zero-order valence-corrected chi connectivity index (χ0v) is 10.9. The average molecular weight is 271 g/mol. The Morgan fingerprint density at radius 1 is 1.20 bits per heavy atom. The molecule has 2 aromatic rings. The summed E-state index contributed by atoms with van der Waals surface area (Å²) in [6.07, 6.45) is 0.912. The number of hydrogen-bond donors (Lipinski definition) is 1. The third kappa shape index (κ3) is 2.64. The first-order valence-corrected chi connectivity index (χ1v) is 6.51. The number of carbonyl (C=O) groups excluding carboxylic acids is 1. The molecule has 0 saturated heterocycles. The summed E-state index contributed by atoms with van der Waals surface area (Å²) in [6, 6.07) is 11.4. The highest BCUT2D eigenvalue weighted by Gasteiger charge is 2.12. The maximum absolute atomic E-state index is 12.8. The quantitative estimate of drug-likeness (QED) is 0.932. The van der Waals surface area contributed by atoms with Crippen molar-refractivity contribution in [2.45, 2.75) is 13.0 Å². The zero-order valence-electron chi connectivity index (χ0n) is 10.9. The molecule has 1 aliphatic rings. The van der Waals surface area contributed by atoms with E-state index in [1.54, 1.807) is 0 Å². The molecule has 1 aliphatic heterocycles. The highest BCUT2D eigenvalue weighted by atomic mass is 19.1. The van der Waals surface area contributed by atoms with Crippen molar-refractivity contribution in [3.8, 4) is 5.75 Å². The lowest BCUT2D eigenvalue weighted by Crippen LogP contribution is -2.22. The minimum absolute atomic E-state index is 0.207. The van der Waals surface area contributed by atoms with Gasteiger partial charge in [0, 0.05) is 18.5 Å². The van der Waals surface area contributed by atoms with Gasteiger partial charge in [-0.25, -0.2) is 4.39 Å². The second-order valence-electron chi connectivity index (χ2n) is 4.73. The second kappa shape index (κ2) is 5.33. The number of rotatable bonds is 3. The standard InChI is InChI=1S/C16H14FNO2/c17-14-4-2-12(3-5-14)16(19)18-10-11-1-6-15-13(9-11)7-8-20-15/h1-6,9H,7-8,10H2,(H,18,19). The second-order valence-corrected chi connectivity index (χ2v) is 4.73. The minimum atomic E-state index is -0.347. The van der Waals surface area contributed by atoms with Crippen LogP contribution >= 0.6 is 0 Å². The van der Waals surface area contributed by atoms with E-state index in [9.17, 15) is 9.18 Å². The van der Waals surface area contributed by atoms with Gasteiger partial charge in [0.2, 0.25) is 0 Å². The van der Waals surface area contributed by atoms with Gasteiger partial charge in [-0.3, -0.25) is 4.79 Å². The van der Waals surface area contributed by atoms with Gasteiger partial charge in [0.1, 0.15) is 11.6 Å². The maximum Gasteiger partial charge on any atom is 0.251 e. The molecule has 0 saturated carbocycles. The van der Waals surface area contributed by atoms with Gasteiger partial charge in [0.25, 0.3) is 5.91 Å². The Morgan fingerprint density at radius 3 is 2.80 bits per heavy atom. The van der Waals surface area contributed by atoms with Crippen LogP contribution in [0, 0.1) is 5.82 Å². The monoisotopic (exact) mass is 271 g/mol. The lowest BCUT2D eigenvalue weighted by Gasteiger charge is -2.07. The fourth-order valence-corrected chi connectivity index (χ4v) is 2.24. The molecule has 1 heterocycles. The van der Waals surface area contributed by atoms with Crippen LogP contribution in [0.1, 0.15) is 21.5 Å². The Labute approximate surface area is 116 Å². The van der Waals surface area contributed by atoms with Gasteiger partial charge in [-0.1, -0.05) is 12.1 Å². The molecule has 0 radical (unpaired) electrons. The van der Waals surface area contributed by atoms with E-state index in [-0.39, 0.29) is 11.7 Å². The fourth-order valence-electron chi connectivity index (χ4n) is 2.24. The predicted molar refractivity (Wildman–Crippen MR) is 73.2 cm³/mol. The van der Waals surface area contributed by atoms with Crippen LogP contribution in [0.25, 0.3) is 0 Å². The molecular formula is C16H14FNO2. The van der Waals surface area contributed by atoms with E-state index in [0.717, 1.165) is 24.3 Å². The highest BCUT2D eigenvalue weighted by molar-refractivity contribution is 5.94. The summed E-state index contributed by atoms with van der Waals surface area (Å²) in [5, 5.41) is 2.82. The van der Waals surface area contributed by atoms with Gasteiger partial charge >= 0.3 is 0 Å². The largest absolute Gasteiger partial charge is 0.493 e. The molecule has 3 nitrogen and oxygen atoms in total. The molecule has 1 amide bonds. The van der Waals surface area contributed by atoms with Crippen molar-refractivity contribution in [1.82, 2.24) is 5.32 Å². The summed E-state index contributed by atoms with van der Waals surface area (Å²) in [4.78, 5) is 11.9. The number of hydrogen-bond acceptors (Lipinski definition) is 2. The van der Waals surface area contributed by atoms with Crippen LogP contribution in [0.3, 0.4) is 0 Å². The first-order valence-electron chi connectivity index (χ1n) is 6.51. The number of carbonyl (C=O) groups is 1. The SMILES string of the molecule is O=C(NCc1ccc2c(c1)CCO2)c1ccc(F)cc1. The zero-order chi connectivity index (χ0) is 13.9. The molecule has 0 unspecified atom stereocenters. The number of benzene rings is 2. The topological polar surface area (TPSA) is 38.3 Å². The molecule has 2 aromatic carbocycles. The van der Waals surface area contributed by atoms with Gasteiger partial charge in [-0.15, -0.1) is 0 Å². The lowest BCUT2D eigenvalue weighted by atomic mass is 10.1. The smallest absolute Gasteiger partial charge is 0.251 e. The van der Waals surface area contributed by atoms with Gasteiger partial charge in [-0.05, 0) is 41.5 Å². The van der Waals surface area contributed by atoms with Gasteiger partial charge in [-0.2, -0.15) is 0 Å². The first-order chi connectivity index (χ1) is 9.72. The summed E-state index contributed by atoms with van der Waals surface area (Å²) >= 11 is 0. The highest BCUT2D eigenvalue weighted by Crippen LogP contribution is 2.25. The summed E-state index contributed by atoms with van der Waals surface area (Å²) < 4.78 is 18.2. The molecular weight excluding hydrogens is 257 g/mol. The Hall–Kier alpha value is -2.36. The van der Waals surface area contributed by atoms with Crippen LogP contribution < -0.4 is 10.1 Å². The van der Waals surface area contributed by atoms with Crippen LogP contribution in [0.2, 0.25) is 0 Å². The van der Waals surface area contributed by atoms with Crippen molar-refractivity contribution in [2.24, 2.45) is 0 Å². The average Bonchev–Trinajstić information content (AvgIpc) is 2.93. The minimum Gasteiger partial charge on any atom is -0.493 e. The maximum atomic E-state index is 12.8. The third-order valence-corrected chi connectivity index (χ3v) is 3.31. The van der Waals surface area contributed by atoms with Crippen molar-refractivity contribution in [2.75, 3.05) is 6.61 Å². The Kier molecular flexibility index (Phi) is 3.37. The Balaban J connectivity index is 1.64. The molecule has 1 N–H and O–H groups in total. The molecule has 20 heavy (non-hydrogen) atoms. The molecule has 0 atom stereocenters. The normalized spacial score (nSPS) is 12.7. The molecule has 4 heteroatoms. The Morgan fingerprint density at radius 2 is 2.00 bits per heavy atom. The van der Waals surface area contributed by atoms with Crippen molar-refractivity contribution in [3.63, 3.8) is 0 Å². The van der Waals surface area contributed by atoms with Gasteiger partial charge in [0.15, 0.2) is 0 Å². The van der Waals surface area contributed by atoms with Crippen molar-refractivity contribution < 1.29 is 13.9 Å². The number of ether oxygens (including phenoxy) is 1. The van der Waals surface area contributed by atoms with E-state index in [1.165, 1.54) is 29.8 Å². The summed E-state index contributed by atoms with van der Waals surface area (Å²) in [7, 11) is 0. The molecule has 0 bridgehead atoms. The van der Waals surface area contributed by atoms with E-state index in [4.69, 9.17) is 4.74 Å². The van der Waals surface area contributed by atoms with E-state index in [2.05, 4.69) is 5.32 Å². The van der Waals surface area contributed by atoms with Crippen LogP contribution in [0.4, 0.5) is 4.39 Å². The number of amides is 1. The fraction of sp³-hybridized carbons (Fsp3) is 0.188. The van der Waals surface area contributed by atoms with Crippen molar-refractivity contribution in [3.05, 3.63) is 65.0 Å². The van der Waals surface area contributed by atoms with Crippen LogP contribution in [-0.4, -0.2) is 12.5 Å². The third-order valence-electron chi connectivity index (χ3n) is 3.31. The van der Waals surface area contributed by atoms with Crippen LogP contribution in [0.15, 0.2) is 42.5 Å². The van der Waals surface area contributed by atoms with Crippen molar-refractivity contribution >= 4 is 5.91 Å². The molecule has 3 rings (SSSR count). The van der Waals surface area contributed by atoms with Crippen molar-refractivity contribution in [1.29, 1.82) is 0 Å². The van der Waals surface area contributed by atoms with E-state index in [0.29, 0.717) is 12.1 Å². The van der Waals surface area contributed by atoms with Crippen LogP contribution in [0.5, 0.6) is 5.75 Å². The number of nitrogens with one attached hydrogen (secondary N) is 1. The molecule has 102 valence electrons. The molecule has 0 aliphatic carbocycles. The van der Waals surface area contributed by atoms with Crippen LogP contribution in [-0.2, 0) is 13.0 Å². The number of halogens is 1. The molecule has 0 aromatic heterocycles. The van der Waals surface area contributed by atoms with E-state index >= 15 is 0 Å². The summed E-state index contributed by atoms with van der Waals surface area (Å²) in [5.41, 5.74) is 2.67. The number of fused-ring (bicyclic) bond motifs is 1. The molecule has 0 spiro atoms. The van der Waals surface area contributed by atoms with Gasteiger partial charge < -0.3 is 10.1 Å². The first kappa shape index (κ1) is 12.7. The Bertz CT molecular complexity index is 637. The summed E-state index contributed by atoms with van der Waals surface area (Å²) in [6.45, 7) is 1.17. The predicted octanol–water partition coefficient (Wildman–Crippen LogP) is 2.69. The van der Waals surface area contributed by atoms with Gasteiger partial charge in [0.05, 0.1) is 6.61 Å². The molecule has 0 fully saturated rings. The van der Waals surface area contributed by atoms with E-state index in [1.807, 2.05) is 18.2 Å².